The summed E-state index contributed by atoms with van der Waals surface area (Å²) in [4.78, 5) is 24.1. The van der Waals surface area contributed by atoms with Crippen LogP contribution < -0.4 is 10.9 Å². The molecule has 4 N–H and O–H groups in total. The number of hydrazone groups is 2. The van der Waals surface area contributed by atoms with E-state index in [1.807, 2.05) is 60.7 Å². The fourth-order valence-corrected chi connectivity index (χ4v) is 4.04. The van der Waals surface area contributed by atoms with E-state index in [1.54, 1.807) is 12.1 Å². The maximum Gasteiger partial charge on any atom is 0.240 e. The number of hydrogen-bond donors (Lipinski definition) is 4. The second kappa shape index (κ2) is 12.3. The molecule has 0 fully saturated rings. The number of rotatable bonds is 10. The average Bonchev–Trinajstić information content (AvgIpc) is 2.91. The summed E-state index contributed by atoms with van der Waals surface area (Å²) in [7, 11) is 0. The van der Waals surface area contributed by atoms with Crippen molar-refractivity contribution in [1.29, 1.82) is 0 Å². The summed E-state index contributed by atoms with van der Waals surface area (Å²) in [5, 5.41) is 31.8. The highest BCUT2D eigenvalue weighted by molar-refractivity contribution is 6.03. The van der Waals surface area contributed by atoms with Crippen molar-refractivity contribution < 1.29 is 19.8 Å². The van der Waals surface area contributed by atoms with Gasteiger partial charge in [-0.3, -0.25) is 9.59 Å². The van der Waals surface area contributed by atoms with Gasteiger partial charge in [0.05, 0.1) is 12.4 Å². The molecule has 0 heterocycles. The summed E-state index contributed by atoms with van der Waals surface area (Å²) in [5.74, 6) is -0.290. The van der Waals surface area contributed by atoms with E-state index in [0.29, 0.717) is 30.4 Å². The number of phenols is 2. The number of amides is 2. The van der Waals surface area contributed by atoms with Crippen LogP contribution in [0.2, 0.25) is 0 Å². The molecule has 4 aromatic rings. The van der Waals surface area contributed by atoms with E-state index in [4.69, 9.17) is 0 Å². The largest absolute Gasteiger partial charge is 0.507 e. The summed E-state index contributed by atoms with van der Waals surface area (Å²) < 4.78 is 0. The van der Waals surface area contributed by atoms with Gasteiger partial charge in [0.1, 0.15) is 11.5 Å². The van der Waals surface area contributed by atoms with Gasteiger partial charge in [0.15, 0.2) is 0 Å². The topological polar surface area (TPSA) is 123 Å². The van der Waals surface area contributed by atoms with Crippen molar-refractivity contribution in [2.24, 2.45) is 10.2 Å². The number of nitrogens with one attached hydrogen (secondary N) is 2. The number of carbonyl (C=O) groups excluding carboxylic acids is 2. The van der Waals surface area contributed by atoms with Gasteiger partial charge in [0, 0.05) is 24.0 Å². The number of phenolic OH excluding ortho intramolecular Hbond substituents is 2. The van der Waals surface area contributed by atoms with Crippen LogP contribution in [0.1, 0.15) is 43.2 Å². The third-order valence-corrected chi connectivity index (χ3v) is 5.97. The highest BCUT2D eigenvalue weighted by atomic mass is 16.3. The third-order valence-electron chi connectivity index (χ3n) is 5.97. The number of carbonyl (C=O) groups is 2. The second-order valence-electron chi connectivity index (χ2n) is 8.59. The molecule has 0 unspecified atom stereocenters. The van der Waals surface area contributed by atoms with E-state index in [1.165, 1.54) is 12.4 Å². The zero-order valence-corrected chi connectivity index (χ0v) is 20.2. The molecule has 188 valence electrons. The molecule has 0 aliphatic carbocycles. The monoisotopic (exact) mass is 496 g/mol. The number of hydrogen-bond acceptors (Lipinski definition) is 6. The van der Waals surface area contributed by atoms with Crippen LogP contribution in [0.3, 0.4) is 0 Å². The van der Waals surface area contributed by atoms with Crippen LogP contribution in [0.25, 0.3) is 21.5 Å². The number of unbranched alkanes of at least 4 members (excludes halogenated alkanes) is 2. The minimum absolute atomic E-state index is 0.0910. The lowest BCUT2D eigenvalue weighted by molar-refractivity contribution is -0.121. The van der Waals surface area contributed by atoms with E-state index in [0.717, 1.165) is 21.5 Å². The molecule has 0 saturated heterocycles. The molecule has 0 saturated carbocycles. The summed E-state index contributed by atoms with van der Waals surface area (Å²) in [6.07, 6.45) is 5.36. The van der Waals surface area contributed by atoms with Gasteiger partial charge in [-0.1, -0.05) is 67.1 Å². The molecule has 2 amide bonds. The quantitative estimate of drug-likeness (QED) is 0.141. The first-order chi connectivity index (χ1) is 18.0. The normalized spacial score (nSPS) is 11.5. The zero-order chi connectivity index (χ0) is 26.0. The van der Waals surface area contributed by atoms with Crippen LogP contribution in [0.4, 0.5) is 0 Å². The molecule has 8 nitrogen and oxygen atoms in total. The van der Waals surface area contributed by atoms with Gasteiger partial charge in [-0.2, -0.15) is 10.2 Å². The van der Waals surface area contributed by atoms with Crippen LogP contribution in [0.5, 0.6) is 11.5 Å². The van der Waals surface area contributed by atoms with Gasteiger partial charge in [-0.05, 0) is 46.5 Å². The Morgan fingerprint density at radius 1 is 0.622 bits per heavy atom. The molecule has 0 aromatic heterocycles. The Morgan fingerprint density at radius 2 is 1.05 bits per heavy atom. The molecule has 8 heteroatoms. The van der Waals surface area contributed by atoms with Crippen molar-refractivity contribution in [3.05, 3.63) is 83.9 Å². The Balaban J connectivity index is 1.16. The minimum Gasteiger partial charge on any atom is -0.507 e. The fraction of sp³-hybridized carbons (Fsp3) is 0.172. The lowest BCUT2D eigenvalue weighted by Gasteiger charge is -2.05. The molecule has 0 aliphatic rings. The van der Waals surface area contributed by atoms with E-state index in [9.17, 15) is 19.8 Å². The van der Waals surface area contributed by atoms with Gasteiger partial charge < -0.3 is 10.2 Å². The second-order valence-corrected chi connectivity index (χ2v) is 8.59. The third kappa shape index (κ3) is 6.70. The molecule has 37 heavy (non-hydrogen) atoms. The lowest BCUT2D eigenvalue weighted by Crippen LogP contribution is -2.18. The molecular weight excluding hydrogens is 468 g/mol. The predicted molar refractivity (Wildman–Crippen MR) is 146 cm³/mol. The van der Waals surface area contributed by atoms with Crippen LogP contribution in [-0.2, 0) is 9.59 Å². The maximum atomic E-state index is 12.1. The first kappa shape index (κ1) is 25.4. The Hall–Kier alpha value is -4.72. The van der Waals surface area contributed by atoms with E-state index in [-0.39, 0.29) is 36.2 Å². The summed E-state index contributed by atoms with van der Waals surface area (Å²) in [6.45, 7) is 0. The standard InChI is InChI=1S/C29H28N4O4/c34-26-16-14-20-8-4-6-10-22(20)24(26)18-30-32-28(36)12-2-1-3-13-29(37)33-31-19-25-23-11-7-5-9-21(23)15-17-27(25)35/h4-11,14-19,34-35H,1-3,12-13H2,(H,32,36)(H,33,37). The maximum absolute atomic E-state index is 12.1. The minimum atomic E-state index is -0.236. The average molecular weight is 497 g/mol. The molecule has 0 atom stereocenters. The Kier molecular flexibility index (Phi) is 8.44. The number of benzene rings is 4. The Labute approximate surface area is 214 Å². The highest BCUT2D eigenvalue weighted by Crippen LogP contribution is 2.26. The molecule has 4 aromatic carbocycles. The van der Waals surface area contributed by atoms with Crippen LogP contribution >= 0.6 is 0 Å². The van der Waals surface area contributed by atoms with Gasteiger partial charge in [-0.15, -0.1) is 0 Å². The van der Waals surface area contributed by atoms with Crippen LogP contribution in [0, 0.1) is 0 Å². The Morgan fingerprint density at radius 3 is 1.51 bits per heavy atom. The summed E-state index contributed by atoms with van der Waals surface area (Å²) in [6, 6.07) is 22.1. The first-order valence-corrected chi connectivity index (χ1v) is 12.1. The van der Waals surface area contributed by atoms with Crippen LogP contribution in [-0.4, -0.2) is 34.5 Å². The van der Waals surface area contributed by atoms with Crippen molar-refractivity contribution in [2.45, 2.75) is 32.1 Å². The van der Waals surface area contributed by atoms with Gasteiger partial charge in [0.2, 0.25) is 11.8 Å². The van der Waals surface area contributed by atoms with E-state index >= 15 is 0 Å². The van der Waals surface area contributed by atoms with Crippen LogP contribution in [0.15, 0.2) is 83.0 Å². The SMILES string of the molecule is O=C(CCCCCC(=O)NN=Cc1c(O)ccc2ccccc12)NN=Cc1c(O)ccc2ccccc12. The van der Waals surface area contributed by atoms with Crippen molar-refractivity contribution >= 4 is 45.8 Å². The first-order valence-electron chi connectivity index (χ1n) is 12.1. The molecule has 4 rings (SSSR count). The lowest BCUT2D eigenvalue weighted by atomic mass is 10.0. The Bertz CT molecular complexity index is 1370. The molecular formula is C29H28N4O4. The molecule has 0 aliphatic heterocycles. The zero-order valence-electron chi connectivity index (χ0n) is 20.2. The number of nitrogens with zero attached hydrogens (tertiary/aromatic N) is 2. The summed E-state index contributed by atoms with van der Waals surface area (Å²) in [5.41, 5.74) is 6.06. The van der Waals surface area contributed by atoms with E-state index in [2.05, 4.69) is 21.1 Å². The fourth-order valence-electron chi connectivity index (χ4n) is 4.04. The van der Waals surface area contributed by atoms with Crippen molar-refractivity contribution in [3.63, 3.8) is 0 Å². The van der Waals surface area contributed by atoms with E-state index < -0.39 is 0 Å². The van der Waals surface area contributed by atoms with Gasteiger partial charge >= 0.3 is 0 Å². The van der Waals surface area contributed by atoms with Crippen molar-refractivity contribution in [1.82, 2.24) is 10.9 Å². The molecule has 0 spiro atoms. The van der Waals surface area contributed by atoms with Gasteiger partial charge in [-0.25, -0.2) is 10.9 Å². The predicted octanol–water partition coefficient (Wildman–Crippen LogP) is 4.96. The summed E-state index contributed by atoms with van der Waals surface area (Å²) >= 11 is 0. The number of fused-ring (bicyclic) bond motifs is 2. The molecule has 0 bridgehead atoms. The number of aromatic hydroxyl groups is 2. The smallest absolute Gasteiger partial charge is 0.240 e. The van der Waals surface area contributed by atoms with Crippen molar-refractivity contribution in [3.8, 4) is 11.5 Å². The highest BCUT2D eigenvalue weighted by Gasteiger charge is 2.07. The van der Waals surface area contributed by atoms with Crippen molar-refractivity contribution in [2.75, 3.05) is 0 Å². The van der Waals surface area contributed by atoms with Gasteiger partial charge in [0.25, 0.3) is 0 Å². The molecule has 0 radical (unpaired) electrons.